The Bertz CT molecular complexity index is 443. The minimum absolute atomic E-state index is 0.161. The van der Waals surface area contributed by atoms with Crippen molar-refractivity contribution in [3.63, 3.8) is 0 Å². The summed E-state index contributed by atoms with van der Waals surface area (Å²) in [6.45, 7) is 8.34. The second kappa shape index (κ2) is 6.43. The summed E-state index contributed by atoms with van der Waals surface area (Å²) >= 11 is 0. The number of hydrogen-bond donors (Lipinski definition) is 2. The van der Waals surface area contributed by atoms with Crippen molar-refractivity contribution in [1.82, 2.24) is 10.0 Å². The lowest BCUT2D eigenvalue weighted by Crippen LogP contribution is -2.49. The number of carbonyl (C=O) groups is 1. The molecule has 0 aromatic rings. The van der Waals surface area contributed by atoms with Crippen molar-refractivity contribution in [3.05, 3.63) is 0 Å². The Morgan fingerprint density at radius 2 is 1.95 bits per heavy atom. The first kappa shape index (κ1) is 17.4. The second-order valence-electron chi connectivity index (χ2n) is 7.18. The summed E-state index contributed by atoms with van der Waals surface area (Å²) in [6.07, 6.45) is 4.60. The maximum absolute atomic E-state index is 12.3. The summed E-state index contributed by atoms with van der Waals surface area (Å²) in [5.74, 6) is 0.0480. The van der Waals surface area contributed by atoms with Gasteiger partial charge in [-0.3, -0.25) is 4.79 Å². The number of sulfonamides is 1. The first-order chi connectivity index (χ1) is 8.98. The number of carbonyl (C=O) groups excluding carboxylic acids is 1. The van der Waals surface area contributed by atoms with Crippen LogP contribution in [-0.4, -0.2) is 32.7 Å². The van der Waals surface area contributed by atoms with Gasteiger partial charge in [-0.1, -0.05) is 27.7 Å². The van der Waals surface area contributed by atoms with E-state index in [0.29, 0.717) is 6.42 Å². The monoisotopic (exact) mass is 304 g/mol. The Morgan fingerprint density at radius 1 is 1.35 bits per heavy atom. The molecule has 0 spiro atoms. The lowest BCUT2D eigenvalue weighted by molar-refractivity contribution is -0.123. The highest BCUT2D eigenvalue weighted by molar-refractivity contribution is 7.88. The van der Waals surface area contributed by atoms with Gasteiger partial charge in [0.15, 0.2) is 0 Å². The van der Waals surface area contributed by atoms with Crippen molar-refractivity contribution in [3.8, 4) is 0 Å². The van der Waals surface area contributed by atoms with Crippen molar-refractivity contribution in [2.45, 2.75) is 65.5 Å². The molecular formula is C14H28N2O3S. The van der Waals surface area contributed by atoms with Gasteiger partial charge in [-0.05, 0) is 37.0 Å². The zero-order valence-electron chi connectivity index (χ0n) is 13.2. The molecule has 2 N–H and O–H groups in total. The van der Waals surface area contributed by atoms with Crippen LogP contribution in [0.3, 0.4) is 0 Å². The highest BCUT2D eigenvalue weighted by Crippen LogP contribution is 2.36. The van der Waals surface area contributed by atoms with Crippen LogP contribution in [0.4, 0.5) is 0 Å². The number of amides is 1. The molecule has 0 radical (unpaired) electrons. The van der Waals surface area contributed by atoms with Crippen LogP contribution in [0, 0.1) is 11.3 Å². The van der Waals surface area contributed by atoms with Crippen molar-refractivity contribution < 1.29 is 13.2 Å². The molecule has 0 saturated heterocycles. The van der Waals surface area contributed by atoms with E-state index in [4.69, 9.17) is 0 Å². The van der Waals surface area contributed by atoms with Crippen LogP contribution >= 0.6 is 0 Å². The maximum atomic E-state index is 12.3. The minimum atomic E-state index is -3.38. The van der Waals surface area contributed by atoms with Crippen molar-refractivity contribution in [2.24, 2.45) is 11.3 Å². The van der Waals surface area contributed by atoms with Gasteiger partial charge in [0.2, 0.25) is 15.9 Å². The minimum Gasteiger partial charge on any atom is -0.352 e. The van der Waals surface area contributed by atoms with Gasteiger partial charge in [0, 0.05) is 6.04 Å². The quantitative estimate of drug-likeness (QED) is 0.783. The van der Waals surface area contributed by atoms with Gasteiger partial charge in [-0.2, -0.15) is 0 Å². The van der Waals surface area contributed by atoms with Gasteiger partial charge in [0.25, 0.3) is 0 Å². The van der Waals surface area contributed by atoms with Crippen LogP contribution in [0.1, 0.15) is 53.4 Å². The standard InChI is InChI=1S/C14H28N2O3S/c1-10(2)8-12(16-20(5,18)19)13(17)15-11-6-7-14(3,4)9-11/h10-12,16H,6-9H2,1-5H3,(H,15,17). The summed E-state index contributed by atoms with van der Waals surface area (Å²) in [5, 5.41) is 3.00. The SMILES string of the molecule is CC(C)CC(NS(C)(=O)=O)C(=O)NC1CCC(C)(C)C1. The predicted octanol–water partition coefficient (Wildman–Crippen LogP) is 1.65. The molecule has 2 unspecified atom stereocenters. The molecule has 0 aromatic carbocycles. The molecule has 0 heterocycles. The average Bonchev–Trinajstić information content (AvgIpc) is 2.54. The average molecular weight is 304 g/mol. The molecule has 20 heavy (non-hydrogen) atoms. The van der Waals surface area contributed by atoms with Crippen molar-refractivity contribution in [2.75, 3.05) is 6.26 Å². The van der Waals surface area contributed by atoms with Crippen LogP contribution in [-0.2, 0) is 14.8 Å². The molecular weight excluding hydrogens is 276 g/mol. The van der Waals surface area contributed by atoms with Crippen LogP contribution in [0.5, 0.6) is 0 Å². The van der Waals surface area contributed by atoms with E-state index in [1.54, 1.807) is 0 Å². The summed E-state index contributed by atoms with van der Waals surface area (Å²) < 4.78 is 25.2. The molecule has 1 rings (SSSR count). The van der Waals surface area contributed by atoms with Crippen molar-refractivity contribution >= 4 is 15.9 Å². The first-order valence-electron chi connectivity index (χ1n) is 7.26. The molecule has 0 aromatic heterocycles. The van der Waals surface area contributed by atoms with Gasteiger partial charge < -0.3 is 5.32 Å². The molecule has 1 saturated carbocycles. The third kappa shape index (κ3) is 6.22. The van der Waals surface area contributed by atoms with E-state index in [1.165, 1.54) is 0 Å². The Hall–Kier alpha value is -0.620. The summed E-state index contributed by atoms with van der Waals surface area (Å²) in [4.78, 5) is 12.3. The highest BCUT2D eigenvalue weighted by atomic mass is 32.2. The Morgan fingerprint density at radius 3 is 2.35 bits per heavy atom. The van der Waals surface area contributed by atoms with Gasteiger partial charge >= 0.3 is 0 Å². The molecule has 0 bridgehead atoms. The van der Waals surface area contributed by atoms with E-state index in [2.05, 4.69) is 23.9 Å². The molecule has 1 aliphatic carbocycles. The molecule has 118 valence electrons. The molecule has 1 aliphatic rings. The topological polar surface area (TPSA) is 75.3 Å². The van der Waals surface area contributed by atoms with Gasteiger partial charge in [0.1, 0.15) is 6.04 Å². The zero-order chi connectivity index (χ0) is 15.6. The lowest BCUT2D eigenvalue weighted by Gasteiger charge is -2.22. The fraction of sp³-hybridized carbons (Fsp3) is 0.929. The van der Waals surface area contributed by atoms with Gasteiger partial charge in [0.05, 0.1) is 6.26 Å². The Balaban J connectivity index is 2.64. The molecule has 2 atom stereocenters. The fourth-order valence-corrected chi connectivity index (χ4v) is 3.52. The van der Waals surface area contributed by atoms with E-state index in [1.807, 2.05) is 13.8 Å². The number of rotatable bonds is 6. The largest absolute Gasteiger partial charge is 0.352 e. The molecule has 6 heteroatoms. The third-order valence-electron chi connectivity index (χ3n) is 3.69. The van der Waals surface area contributed by atoms with E-state index in [-0.39, 0.29) is 23.3 Å². The van der Waals surface area contributed by atoms with Crippen LogP contribution < -0.4 is 10.0 Å². The number of hydrogen-bond acceptors (Lipinski definition) is 3. The summed E-state index contributed by atoms with van der Waals surface area (Å²) in [7, 11) is -3.38. The van der Waals surface area contributed by atoms with Crippen LogP contribution in [0.15, 0.2) is 0 Å². The molecule has 5 nitrogen and oxygen atoms in total. The van der Waals surface area contributed by atoms with E-state index < -0.39 is 16.1 Å². The van der Waals surface area contributed by atoms with Gasteiger partial charge in [-0.15, -0.1) is 0 Å². The van der Waals surface area contributed by atoms with E-state index >= 15 is 0 Å². The second-order valence-corrected chi connectivity index (χ2v) is 8.96. The summed E-state index contributed by atoms with van der Waals surface area (Å²) in [5.41, 5.74) is 0.260. The zero-order valence-corrected chi connectivity index (χ0v) is 14.0. The fourth-order valence-electron chi connectivity index (χ4n) is 2.80. The van der Waals surface area contributed by atoms with Crippen molar-refractivity contribution in [1.29, 1.82) is 0 Å². The highest BCUT2D eigenvalue weighted by Gasteiger charge is 2.33. The number of nitrogens with one attached hydrogen (secondary N) is 2. The van der Waals surface area contributed by atoms with E-state index in [0.717, 1.165) is 25.5 Å². The summed E-state index contributed by atoms with van der Waals surface area (Å²) in [6, 6.07) is -0.512. The third-order valence-corrected chi connectivity index (χ3v) is 4.41. The molecule has 0 aliphatic heterocycles. The molecule has 1 amide bonds. The smallest absolute Gasteiger partial charge is 0.238 e. The normalized spacial score (nSPS) is 23.8. The van der Waals surface area contributed by atoms with Crippen LogP contribution in [0.2, 0.25) is 0 Å². The first-order valence-corrected chi connectivity index (χ1v) is 9.15. The Labute approximate surface area is 122 Å². The molecule has 1 fully saturated rings. The Kier molecular flexibility index (Phi) is 5.61. The van der Waals surface area contributed by atoms with Crippen LogP contribution in [0.25, 0.3) is 0 Å². The predicted molar refractivity (Wildman–Crippen MR) is 80.8 cm³/mol. The maximum Gasteiger partial charge on any atom is 0.238 e. The van der Waals surface area contributed by atoms with E-state index in [9.17, 15) is 13.2 Å². The van der Waals surface area contributed by atoms with Gasteiger partial charge in [-0.25, -0.2) is 13.1 Å². The lowest BCUT2D eigenvalue weighted by atomic mass is 9.92.